The zero-order valence-electron chi connectivity index (χ0n) is 29.2. The Kier molecular flexibility index (Phi) is 13.2. The van der Waals surface area contributed by atoms with Gasteiger partial charge in [0.25, 0.3) is 5.96 Å². The Morgan fingerprint density at radius 1 is 0.653 bits per heavy atom. The van der Waals surface area contributed by atoms with E-state index >= 15 is 0 Å². The Balaban J connectivity index is 0.988. The molecule has 260 valence electrons. The van der Waals surface area contributed by atoms with Crippen molar-refractivity contribution in [3.63, 3.8) is 0 Å². The van der Waals surface area contributed by atoms with E-state index in [1.54, 1.807) is 0 Å². The maximum Gasteiger partial charge on any atom is -0.0195 e. The van der Waals surface area contributed by atoms with Gasteiger partial charge in [0.2, 0.25) is 0 Å². The molecule has 1 unspecified atom stereocenters. The van der Waals surface area contributed by atoms with E-state index in [1.807, 2.05) is 42.9 Å². The van der Waals surface area contributed by atoms with Gasteiger partial charge < -0.3 is 10.5 Å². The number of nitrogens with two attached hydrogens (primary N) is 1. The van der Waals surface area contributed by atoms with Crippen LogP contribution in [0, 0.1) is 0 Å². The number of aliphatic imine (C=N–C) groups is 1. The molecule has 0 saturated heterocycles. The van der Waals surface area contributed by atoms with Gasteiger partial charge in [-0.05, 0) is 24.3 Å². The van der Waals surface area contributed by atoms with E-state index in [-0.39, 0.29) is 6.17 Å². The molecular weight excluding hydrogens is 645 g/mol. The van der Waals surface area contributed by atoms with Crippen molar-refractivity contribution < 1.29 is 9.31 Å². The average molecular weight is 699 g/mol. The third-order valence-electron chi connectivity index (χ3n) is 9.56. The molecule has 1 atom stereocenters. The molecule has 0 saturated carbocycles. The van der Waals surface area contributed by atoms with Crippen molar-refractivity contribution in [1.29, 1.82) is 0 Å². The minimum absolute atomic E-state index is 0.217. The molecule has 1 aliphatic rings. The van der Waals surface area contributed by atoms with E-state index in [9.17, 15) is 0 Å². The second kappa shape index (κ2) is 17.7. The largest absolute Gasteiger partial charge is 0.251 e. The molecule has 5 rings (SSSR count). The summed E-state index contributed by atoms with van der Waals surface area (Å²) < 4.78 is 7.96. The molecule has 0 bridgehead atoms. The summed E-state index contributed by atoms with van der Waals surface area (Å²) in [4.78, 5) is 4.47. The molecule has 1 heterocycles. The van der Waals surface area contributed by atoms with Crippen molar-refractivity contribution in [2.24, 2.45) is 10.7 Å². The van der Waals surface area contributed by atoms with E-state index in [2.05, 4.69) is 107 Å². The van der Waals surface area contributed by atoms with Crippen molar-refractivity contribution in [2.45, 2.75) is 70.4 Å². The summed E-state index contributed by atoms with van der Waals surface area (Å²) in [6.45, 7) is 0.745. The molecule has 49 heavy (non-hydrogen) atoms. The van der Waals surface area contributed by atoms with Crippen LogP contribution in [0.1, 0.15) is 75.9 Å². The van der Waals surface area contributed by atoms with Gasteiger partial charge in [-0.1, -0.05) is 0 Å². The van der Waals surface area contributed by atoms with Crippen LogP contribution in [0.5, 0.6) is 5.75 Å². The predicted octanol–water partition coefficient (Wildman–Crippen LogP) is 7.78. The first-order chi connectivity index (χ1) is 23.9. The minimum atomic E-state index is -3.13. The van der Waals surface area contributed by atoms with E-state index in [4.69, 9.17) is 21.7 Å². The molecule has 0 spiro atoms. The fourth-order valence-electron chi connectivity index (χ4n) is 6.80. The number of nitrogens with one attached hydrogen (secondary N) is 2. The molecule has 1 aliphatic heterocycles. The second-order valence-electron chi connectivity index (χ2n) is 13.3. The third-order valence-corrected chi connectivity index (χ3v) is 17.1. The van der Waals surface area contributed by atoms with Crippen LogP contribution in [0.3, 0.4) is 0 Å². The molecule has 0 amide bonds. The van der Waals surface area contributed by atoms with Gasteiger partial charge in [-0.2, -0.15) is 4.99 Å². The van der Waals surface area contributed by atoms with Crippen molar-refractivity contribution in [3.05, 3.63) is 121 Å². The van der Waals surface area contributed by atoms with E-state index < -0.39 is 5.96 Å². The van der Waals surface area contributed by atoms with Crippen LogP contribution in [-0.4, -0.2) is 43.4 Å². The van der Waals surface area contributed by atoms with Crippen molar-refractivity contribution in [1.82, 2.24) is 10.6 Å². The molecule has 0 aliphatic carbocycles. The van der Waals surface area contributed by atoms with Crippen LogP contribution < -0.4 is 37.0 Å². The first-order valence-electron chi connectivity index (χ1n) is 17.9. The molecular formula is C41H54ClN5OP+. The summed E-state index contributed by atoms with van der Waals surface area (Å²) in [6, 6.07) is 40.7. The Labute approximate surface area is 298 Å². The number of hydrogen-bond acceptors (Lipinski definition) is 3. The zero-order valence-corrected chi connectivity index (χ0v) is 30.9. The zero-order chi connectivity index (χ0) is 34.4. The molecule has 6 nitrogen and oxygen atoms in total. The molecule has 4 N–H and O–H groups in total. The first-order valence-corrected chi connectivity index (χ1v) is 21.2. The predicted molar refractivity (Wildman–Crippen MR) is 212 cm³/mol. The number of hydrogen-bond donors (Lipinski definition) is 3. The van der Waals surface area contributed by atoms with Crippen LogP contribution in [-0.2, 0) is 0 Å². The third kappa shape index (κ3) is 9.23. The van der Waals surface area contributed by atoms with E-state index in [0.29, 0.717) is 5.96 Å². The Morgan fingerprint density at radius 3 is 1.57 bits per heavy atom. The quantitative estimate of drug-likeness (QED) is 0.0564. The van der Waals surface area contributed by atoms with Gasteiger partial charge in [-0.25, -0.2) is 5.32 Å². The Hall–Kier alpha value is -3.86. The Bertz CT molecular complexity index is 1540. The topological polar surface area (TPSA) is 74.7 Å². The molecule has 0 aromatic heterocycles. The number of unbranched alkanes of at least 4 members (excludes halogenated alkanes) is 9. The van der Waals surface area contributed by atoms with E-state index in [1.165, 1.54) is 67.3 Å². The van der Waals surface area contributed by atoms with Gasteiger partial charge in [0.1, 0.15) is 5.75 Å². The maximum absolute atomic E-state index is 8.20. The molecule has 0 fully saturated rings. The molecule has 8 heteroatoms. The van der Waals surface area contributed by atoms with E-state index in [0.717, 1.165) is 42.9 Å². The number of guanidine groups is 2. The normalized spacial score (nSPS) is 15.3. The fraction of sp³-hybridized carbons (Fsp3) is 0.366. The van der Waals surface area contributed by atoms with Crippen molar-refractivity contribution in [3.8, 4) is 5.75 Å². The fourth-order valence-corrected chi connectivity index (χ4v) is 13.0. The van der Waals surface area contributed by atoms with Crippen LogP contribution >= 0.6 is 17.2 Å². The van der Waals surface area contributed by atoms with Gasteiger partial charge in [-0.15, -0.1) is 0 Å². The number of rotatable bonds is 18. The summed E-state index contributed by atoms with van der Waals surface area (Å²) in [5, 5.41) is 10.2. The monoisotopic (exact) mass is 698 g/mol. The van der Waals surface area contributed by atoms with Crippen molar-refractivity contribution >= 4 is 45.0 Å². The maximum atomic E-state index is 8.20. The number of nitrogens with zero attached hydrogens (tertiary/aromatic N) is 2. The SMILES string of the molecule is C[N+](C)=C1NC(N)=NC(c2ccc(OCCCCCCCCCCCCP(Cl)(c3ccccc3)(c3ccccc3)c3ccccc3)cc2)N1. The molecule has 0 radical (unpaired) electrons. The average Bonchev–Trinajstić information content (AvgIpc) is 3.14. The second-order valence-corrected chi connectivity index (χ2v) is 19.9. The number of ether oxygens (including phenoxy) is 1. The van der Waals surface area contributed by atoms with Crippen LogP contribution in [0.2, 0.25) is 0 Å². The van der Waals surface area contributed by atoms with Crippen molar-refractivity contribution in [2.75, 3.05) is 26.9 Å². The Morgan fingerprint density at radius 2 is 1.10 bits per heavy atom. The van der Waals surface area contributed by atoms with Gasteiger partial charge in [-0.3, -0.25) is 9.89 Å². The summed E-state index contributed by atoms with van der Waals surface area (Å²) in [5.74, 6) is -1.01. The smallest absolute Gasteiger partial charge is 0.0195 e. The standard InChI is InChI=1S/C41H53ClN5OP/c1-47(2)41-45-39(44-40(43)46-41)34-28-30-35(31-29-34)48-32-20-9-7-5-3-4-6-8-10-21-33-49(42,36-22-14-11-15-23-36,37-24-16-12-17-25-37)38-26-18-13-19-27-38/h11-19,22-31,39H,3-10,20-21,32-33H2,1-2H3,(H3,43,44,45,46)/p+1. The number of benzene rings is 4. The minimum Gasteiger partial charge on any atom is -0.251 e. The summed E-state index contributed by atoms with van der Waals surface area (Å²) in [5.41, 5.74) is 7.01. The van der Waals surface area contributed by atoms with Gasteiger partial charge in [0.05, 0.1) is 14.1 Å². The van der Waals surface area contributed by atoms with Gasteiger partial charge in [0, 0.05) is 5.56 Å². The van der Waals surface area contributed by atoms with Gasteiger partial charge in [0.15, 0.2) is 6.17 Å². The van der Waals surface area contributed by atoms with Gasteiger partial charge >= 0.3 is 207 Å². The first kappa shape index (κ1) is 36.4. The summed E-state index contributed by atoms with van der Waals surface area (Å²) >= 11 is 8.20. The van der Waals surface area contributed by atoms with Crippen LogP contribution in [0.4, 0.5) is 0 Å². The van der Waals surface area contributed by atoms with Crippen LogP contribution in [0.25, 0.3) is 0 Å². The summed E-state index contributed by atoms with van der Waals surface area (Å²) in [6.07, 6.45) is 13.1. The molecule has 4 aromatic rings. The summed E-state index contributed by atoms with van der Waals surface area (Å²) in [7, 11) is 3.91. The van der Waals surface area contributed by atoms with Crippen LogP contribution in [0.15, 0.2) is 120 Å². The number of halogens is 1. The molecule has 4 aromatic carbocycles.